The minimum Gasteiger partial charge on any atom is -0.325 e. The maximum absolute atomic E-state index is 12.2. The maximum atomic E-state index is 12.2. The Balaban J connectivity index is 0. The highest BCUT2D eigenvalue weighted by Crippen LogP contribution is 2.20. The molecule has 1 aromatic rings. The lowest BCUT2D eigenvalue weighted by molar-refractivity contribution is 0.145. The Labute approximate surface area is 93.7 Å². The molecule has 2 N–H and O–H groups in total. The molecule has 0 bridgehead atoms. The Bertz CT molecular complexity index is 282. The van der Waals surface area contributed by atoms with Crippen LogP contribution in [0.2, 0.25) is 0 Å². The third kappa shape index (κ3) is 3.74. The number of halogens is 4. The van der Waals surface area contributed by atoms with Crippen LogP contribution in [0, 0.1) is 6.92 Å². The van der Waals surface area contributed by atoms with Gasteiger partial charge in [-0.05, 0) is 18.6 Å². The van der Waals surface area contributed by atoms with E-state index in [0.29, 0.717) is 11.3 Å². The fraction of sp³-hybridized carbons (Fsp3) is 0.375. The second-order valence-corrected chi connectivity index (χ2v) is 2.51. The number of aryl methyl sites for hydroxylation is 1. The fourth-order valence-electron chi connectivity index (χ4n) is 0.921. The van der Waals surface area contributed by atoms with E-state index in [4.69, 9.17) is 5.73 Å². The maximum Gasteiger partial charge on any atom is 0.280 e. The molecule has 1 aromatic heterocycles. The Morgan fingerprint density at radius 2 is 1.93 bits per heavy atom. The zero-order valence-corrected chi connectivity index (χ0v) is 9.17. The first-order valence-electron chi connectivity index (χ1n) is 3.59. The molecule has 1 heterocycles. The molecule has 0 aliphatic rings. The van der Waals surface area contributed by atoms with Gasteiger partial charge >= 0.3 is 0 Å². The van der Waals surface area contributed by atoms with Gasteiger partial charge in [0, 0.05) is 6.54 Å². The number of hydrogen-bond donors (Lipinski definition) is 1. The van der Waals surface area contributed by atoms with E-state index in [-0.39, 0.29) is 37.1 Å². The quantitative estimate of drug-likeness (QED) is 0.869. The topological polar surface area (TPSA) is 38.9 Å². The zero-order valence-electron chi connectivity index (χ0n) is 7.54. The van der Waals surface area contributed by atoms with E-state index in [0.717, 1.165) is 0 Å². The molecular formula is C8H12Cl2F2N2. The summed E-state index contributed by atoms with van der Waals surface area (Å²) in [5.74, 6) is 0. The fourth-order valence-corrected chi connectivity index (χ4v) is 0.921. The van der Waals surface area contributed by atoms with E-state index >= 15 is 0 Å². The second-order valence-electron chi connectivity index (χ2n) is 2.51. The molecule has 0 aromatic carbocycles. The van der Waals surface area contributed by atoms with Gasteiger partial charge in [-0.15, -0.1) is 24.8 Å². The van der Waals surface area contributed by atoms with Gasteiger partial charge in [0.2, 0.25) is 0 Å². The lowest BCUT2D eigenvalue weighted by Gasteiger charge is -2.04. The molecule has 1 rings (SSSR count). The summed E-state index contributed by atoms with van der Waals surface area (Å²) in [6, 6.07) is 3.26. The molecule has 14 heavy (non-hydrogen) atoms. The predicted molar refractivity (Wildman–Crippen MR) is 56.3 cm³/mol. The van der Waals surface area contributed by atoms with E-state index in [1.807, 2.05) is 0 Å². The molecule has 0 aliphatic carbocycles. The van der Waals surface area contributed by atoms with Gasteiger partial charge in [0.15, 0.2) is 0 Å². The average Bonchev–Trinajstić information content (AvgIpc) is 2.05. The standard InChI is InChI=1S/C8H10F2N2.2ClH/c1-5-2-3-6(4-11)12-7(5)8(9)10;;/h2-3,8H,4,11H2,1H3;2*1H. The number of aromatic nitrogens is 1. The van der Waals surface area contributed by atoms with Crippen LogP contribution < -0.4 is 5.73 Å². The molecule has 0 amide bonds. The summed E-state index contributed by atoms with van der Waals surface area (Å²) >= 11 is 0. The van der Waals surface area contributed by atoms with Gasteiger partial charge < -0.3 is 5.73 Å². The van der Waals surface area contributed by atoms with E-state index in [2.05, 4.69) is 4.98 Å². The molecule has 6 heteroatoms. The number of pyridine rings is 1. The molecule has 0 unspecified atom stereocenters. The number of nitrogens with zero attached hydrogens (tertiary/aromatic N) is 1. The van der Waals surface area contributed by atoms with Crippen molar-refractivity contribution >= 4 is 24.8 Å². The summed E-state index contributed by atoms with van der Waals surface area (Å²) in [5.41, 5.74) is 6.09. The van der Waals surface area contributed by atoms with Crippen LogP contribution in [-0.4, -0.2) is 4.98 Å². The molecule has 0 fully saturated rings. The van der Waals surface area contributed by atoms with Gasteiger partial charge in [-0.25, -0.2) is 8.78 Å². The van der Waals surface area contributed by atoms with Gasteiger partial charge in [0.05, 0.1) is 5.69 Å². The van der Waals surface area contributed by atoms with Gasteiger partial charge in [-0.2, -0.15) is 0 Å². The van der Waals surface area contributed by atoms with Crippen molar-refractivity contribution in [3.63, 3.8) is 0 Å². The van der Waals surface area contributed by atoms with Crippen molar-refractivity contribution in [2.24, 2.45) is 5.73 Å². The highest BCUT2D eigenvalue weighted by Gasteiger charge is 2.12. The highest BCUT2D eigenvalue weighted by molar-refractivity contribution is 5.85. The minimum absolute atomic E-state index is 0. The Morgan fingerprint density at radius 1 is 1.36 bits per heavy atom. The number of hydrogen-bond acceptors (Lipinski definition) is 2. The normalized spacial score (nSPS) is 9.21. The minimum atomic E-state index is -2.52. The van der Waals surface area contributed by atoms with Crippen LogP contribution in [-0.2, 0) is 6.54 Å². The smallest absolute Gasteiger partial charge is 0.280 e. The van der Waals surface area contributed by atoms with Crippen molar-refractivity contribution in [3.8, 4) is 0 Å². The molecule has 82 valence electrons. The summed E-state index contributed by atoms with van der Waals surface area (Å²) in [4.78, 5) is 3.72. The number of rotatable bonds is 2. The second kappa shape index (κ2) is 6.92. The van der Waals surface area contributed by atoms with Crippen LogP contribution in [0.4, 0.5) is 8.78 Å². The molecule has 0 spiro atoms. The van der Waals surface area contributed by atoms with E-state index in [9.17, 15) is 8.78 Å². The number of alkyl halides is 2. The van der Waals surface area contributed by atoms with Gasteiger partial charge in [0.1, 0.15) is 5.69 Å². The van der Waals surface area contributed by atoms with Crippen LogP contribution in [0.25, 0.3) is 0 Å². The Hall–Kier alpha value is -0.450. The largest absolute Gasteiger partial charge is 0.325 e. The molecule has 0 atom stereocenters. The van der Waals surface area contributed by atoms with E-state index in [1.54, 1.807) is 19.1 Å². The molecule has 0 radical (unpaired) electrons. The predicted octanol–water partition coefficient (Wildman–Crippen LogP) is 2.63. The van der Waals surface area contributed by atoms with E-state index in [1.165, 1.54) is 0 Å². The third-order valence-electron chi connectivity index (χ3n) is 1.61. The molecular weight excluding hydrogens is 233 g/mol. The van der Waals surface area contributed by atoms with Crippen molar-refractivity contribution in [1.29, 1.82) is 0 Å². The van der Waals surface area contributed by atoms with Crippen LogP contribution in [0.15, 0.2) is 12.1 Å². The van der Waals surface area contributed by atoms with Crippen LogP contribution in [0.1, 0.15) is 23.4 Å². The van der Waals surface area contributed by atoms with Gasteiger partial charge in [-0.1, -0.05) is 6.07 Å². The van der Waals surface area contributed by atoms with Crippen molar-refractivity contribution in [3.05, 3.63) is 29.1 Å². The van der Waals surface area contributed by atoms with Crippen molar-refractivity contribution in [1.82, 2.24) is 4.98 Å². The van der Waals surface area contributed by atoms with Crippen molar-refractivity contribution < 1.29 is 8.78 Å². The highest BCUT2D eigenvalue weighted by atomic mass is 35.5. The van der Waals surface area contributed by atoms with Crippen molar-refractivity contribution in [2.75, 3.05) is 0 Å². The lowest BCUT2D eigenvalue weighted by Crippen LogP contribution is -2.03. The van der Waals surface area contributed by atoms with Crippen LogP contribution in [0.3, 0.4) is 0 Å². The van der Waals surface area contributed by atoms with E-state index < -0.39 is 6.43 Å². The SMILES string of the molecule is Cc1ccc(CN)nc1C(F)F.Cl.Cl. The summed E-state index contributed by atoms with van der Waals surface area (Å²) in [5, 5.41) is 0. The summed E-state index contributed by atoms with van der Waals surface area (Å²) < 4.78 is 24.5. The lowest BCUT2D eigenvalue weighted by atomic mass is 10.2. The molecule has 0 aliphatic heterocycles. The first-order valence-corrected chi connectivity index (χ1v) is 3.59. The first kappa shape index (κ1) is 16.0. The Kier molecular flexibility index (Phi) is 7.91. The van der Waals surface area contributed by atoms with Gasteiger partial charge in [-0.3, -0.25) is 4.98 Å². The molecule has 2 nitrogen and oxygen atoms in total. The monoisotopic (exact) mass is 244 g/mol. The summed E-state index contributed by atoms with van der Waals surface area (Å²) in [6.45, 7) is 1.80. The van der Waals surface area contributed by atoms with Crippen LogP contribution in [0.5, 0.6) is 0 Å². The Morgan fingerprint density at radius 3 is 2.36 bits per heavy atom. The molecule has 0 saturated heterocycles. The average molecular weight is 245 g/mol. The van der Waals surface area contributed by atoms with Crippen molar-refractivity contribution in [2.45, 2.75) is 19.9 Å². The third-order valence-corrected chi connectivity index (χ3v) is 1.61. The van der Waals surface area contributed by atoms with Gasteiger partial charge in [0.25, 0.3) is 6.43 Å². The summed E-state index contributed by atoms with van der Waals surface area (Å²) in [6.07, 6.45) is -2.52. The molecule has 0 saturated carbocycles. The first-order chi connectivity index (χ1) is 5.65. The summed E-state index contributed by atoms with van der Waals surface area (Å²) in [7, 11) is 0. The zero-order chi connectivity index (χ0) is 9.14. The number of nitrogens with two attached hydrogens (primary N) is 1. The van der Waals surface area contributed by atoms with Crippen LogP contribution >= 0.6 is 24.8 Å².